The van der Waals surface area contributed by atoms with E-state index in [4.69, 9.17) is 17.3 Å². The molecule has 0 amide bonds. The summed E-state index contributed by atoms with van der Waals surface area (Å²) in [5.41, 5.74) is 10.2. The lowest BCUT2D eigenvalue weighted by Crippen LogP contribution is -2.10. The van der Waals surface area contributed by atoms with Gasteiger partial charge in [-0.25, -0.2) is 0 Å². The maximum absolute atomic E-state index is 6.26. The second-order valence-electron chi connectivity index (χ2n) is 4.95. The first-order valence-electron chi connectivity index (χ1n) is 6.32. The summed E-state index contributed by atoms with van der Waals surface area (Å²) in [6, 6.07) is 14.4. The molecule has 0 radical (unpaired) electrons. The molecule has 0 aliphatic rings. The zero-order valence-corrected chi connectivity index (χ0v) is 12.1. The maximum atomic E-state index is 6.26. The van der Waals surface area contributed by atoms with Gasteiger partial charge >= 0.3 is 0 Å². The Morgan fingerprint density at radius 3 is 2.21 bits per heavy atom. The van der Waals surface area contributed by atoms with Crippen LogP contribution in [0.5, 0.6) is 0 Å². The van der Waals surface area contributed by atoms with Gasteiger partial charge in [0.05, 0.1) is 0 Å². The maximum Gasteiger partial charge on any atom is 0.0484 e. The van der Waals surface area contributed by atoms with Crippen molar-refractivity contribution in [2.24, 2.45) is 5.73 Å². The van der Waals surface area contributed by atoms with E-state index in [2.05, 4.69) is 49.3 Å². The first-order valence-corrected chi connectivity index (χ1v) is 6.70. The van der Waals surface area contributed by atoms with Crippen LogP contribution in [0.3, 0.4) is 0 Å². The fraction of sp³-hybridized carbons (Fsp3) is 0.250. The Morgan fingerprint density at radius 2 is 1.63 bits per heavy atom. The molecule has 0 heterocycles. The molecule has 0 aromatic heterocycles. The summed E-state index contributed by atoms with van der Waals surface area (Å²) < 4.78 is 0. The second kappa shape index (κ2) is 6.20. The molecule has 2 aromatic carbocycles. The largest absolute Gasteiger partial charge is 0.326 e. The van der Waals surface area contributed by atoms with Crippen LogP contribution in [0.25, 0.3) is 11.1 Å². The van der Waals surface area contributed by atoms with Gasteiger partial charge in [0.1, 0.15) is 0 Å². The minimum absolute atomic E-state index is 0.531. The summed E-state index contributed by atoms with van der Waals surface area (Å²) in [5.74, 6) is 0. The molecule has 2 aromatic rings. The number of hydrogen-bond donors (Lipinski definition) is 1. The minimum Gasteiger partial charge on any atom is -0.326 e. The molecule has 0 saturated heterocycles. The van der Waals surface area contributed by atoms with Crippen molar-refractivity contribution >= 4 is 11.6 Å². The third-order valence-electron chi connectivity index (χ3n) is 3.03. The van der Waals surface area contributed by atoms with Crippen molar-refractivity contribution in [1.29, 1.82) is 0 Å². The average Bonchev–Trinajstić information content (AvgIpc) is 2.40. The van der Waals surface area contributed by atoms with E-state index in [-0.39, 0.29) is 0 Å². The number of rotatable bonds is 4. The minimum atomic E-state index is 0.531. The van der Waals surface area contributed by atoms with Gasteiger partial charge in [0.25, 0.3) is 0 Å². The molecule has 0 aliphatic heterocycles. The number of nitrogens with two attached hydrogens (primary N) is 1. The van der Waals surface area contributed by atoms with Gasteiger partial charge in [-0.1, -0.05) is 41.9 Å². The lowest BCUT2D eigenvalue weighted by atomic mass is 10.0. The molecule has 0 saturated carbocycles. The summed E-state index contributed by atoms with van der Waals surface area (Å²) in [7, 11) is 4.13. The predicted molar refractivity (Wildman–Crippen MR) is 82.2 cm³/mol. The third kappa shape index (κ3) is 3.57. The van der Waals surface area contributed by atoms with Crippen molar-refractivity contribution in [2.75, 3.05) is 14.1 Å². The topological polar surface area (TPSA) is 29.3 Å². The van der Waals surface area contributed by atoms with Gasteiger partial charge in [-0.2, -0.15) is 0 Å². The van der Waals surface area contributed by atoms with Gasteiger partial charge in [0.2, 0.25) is 0 Å². The molecule has 0 fully saturated rings. The summed E-state index contributed by atoms with van der Waals surface area (Å²) in [6.45, 7) is 1.47. The Balaban J connectivity index is 2.31. The van der Waals surface area contributed by atoms with Crippen LogP contribution in [0, 0.1) is 0 Å². The second-order valence-corrected chi connectivity index (χ2v) is 5.36. The number of halogens is 1. The molecule has 19 heavy (non-hydrogen) atoms. The van der Waals surface area contributed by atoms with E-state index in [1.165, 1.54) is 5.56 Å². The Hall–Kier alpha value is -1.35. The first-order chi connectivity index (χ1) is 9.10. The molecule has 0 atom stereocenters. The van der Waals surface area contributed by atoms with Crippen molar-refractivity contribution in [3.05, 3.63) is 58.6 Å². The fourth-order valence-electron chi connectivity index (χ4n) is 2.08. The molecule has 2 N–H and O–H groups in total. The van der Waals surface area contributed by atoms with E-state index < -0.39 is 0 Å². The molecule has 0 spiro atoms. The monoisotopic (exact) mass is 274 g/mol. The highest BCUT2D eigenvalue weighted by molar-refractivity contribution is 6.33. The van der Waals surface area contributed by atoms with E-state index in [9.17, 15) is 0 Å². The fourth-order valence-corrected chi connectivity index (χ4v) is 2.30. The van der Waals surface area contributed by atoms with E-state index in [0.717, 1.165) is 28.3 Å². The van der Waals surface area contributed by atoms with Crippen molar-refractivity contribution in [2.45, 2.75) is 13.1 Å². The molecular formula is C16H19ClN2. The summed E-state index contributed by atoms with van der Waals surface area (Å²) in [6.07, 6.45) is 0. The Kier molecular flexibility index (Phi) is 4.59. The van der Waals surface area contributed by atoms with Crippen LogP contribution in [0.1, 0.15) is 11.1 Å². The van der Waals surface area contributed by atoms with Crippen molar-refractivity contribution < 1.29 is 0 Å². The Bertz CT molecular complexity index is 547. The third-order valence-corrected chi connectivity index (χ3v) is 3.36. The van der Waals surface area contributed by atoms with Crippen LogP contribution in [0.15, 0.2) is 42.5 Å². The molecule has 2 nitrogen and oxygen atoms in total. The van der Waals surface area contributed by atoms with E-state index in [1.807, 2.05) is 12.1 Å². The van der Waals surface area contributed by atoms with Crippen molar-refractivity contribution in [3.8, 4) is 11.1 Å². The van der Waals surface area contributed by atoms with Gasteiger partial charge in [0.15, 0.2) is 0 Å². The quantitative estimate of drug-likeness (QED) is 0.924. The molecular weight excluding hydrogens is 256 g/mol. The van der Waals surface area contributed by atoms with Crippen LogP contribution < -0.4 is 5.73 Å². The smallest absolute Gasteiger partial charge is 0.0484 e. The van der Waals surface area contributed by atoms with Crippen LogP contribution in [-0.2, 0) is 13.1 Å². The zero-order chi connectivity index (χ0) is 13.8. The standard InChI is InChI=1S/C16H19ClN2/c1-19(2)11-12-3-6-14(7-4-12)15-9-13(10-18)5-8-16(15)17/h3-9H,10-11,18H2,1-2H3. The lowest BCUT2D eigenvalue weighted by Gasteiger charge is -2.11. The summed E-state index contributed by atoms with van der Waals surface area (Å²) >= 11 is 6.26. The highest BCUT2D eigenvalue weighted by atomic mass is 35.5. The SMILES string of the molecule is CN(C)Cc1ccc(-c2cc(CN)ccc2Cl)cc1. The number of nitrogens with zero attached hydrogens (tertiary/aromatic N) is 1. The normalized spacial score (nSPS) is 11.0. The summed E-state index contributed by atoms with van der Waals surface area (Å²) in [4.78, 5) is 2.15. The van der Waals surface area contributed by atoms with E-state index >= 15 is 0 Å². The molecule has 100 valence electrons. The predicted octanol–water partition coefficient (Wildman–Crippen LogP) is 3.53. The molecule has 2 rings (SSSR count). The molecule has 0 unspecified atom stereocenters. The first kappa shape index (κ1) is 14.1. The van der Waals surface area contributed by atoms with Crippen LogP contribution >= 0.6 is 11.6 Å². The highest BCUT2D eigenvalue weighted by Gasteiger charge is 2.05. The van der Waals surface area contributed by atoms with Crippen molar-refractivity contribution in [3.63, 3.8) is 0 Å². The van der Waals surface area contributed by atoms with E-state index in [1.54, 1.807) is 0 Å². The lowest BCUT2D eigenvalue weighted by molar-refractivity contribution is 0.402. The average molecular weight is 275 g/mol. The molecule has 0 bridgehead atoms. The van der Waals surface area contributed by atoms with Gasteiger partial charge in [0, 0.05) is 23.7 Å². The van der Waals surface area contributed by atoms with Crippen molar-refractivity contribution in [1.82, 2.24) is 4.90 Å². The zero-order valence-electron chi connectivity index (χ0n) is 11.4. The molecule has 0 aliphatic carbocycles. The van der Waals surface area contributed by atoms with Gasteiger partial charge in [-0.15, -0.1) is 0 Å². The van der Waals surface area contributed by atoms with Crippen LogP contribution in [0.4, 0.5) is 0 Å². The van der Waals surface area contributed by atoms with Gasteiger partial charge < -0.3 is 10.6 Å². The Morgan fingerprint density at radius 1 is 1.00 bits per heavy atom. The number of benzene rings is 2. The highest BCUT2D eigenvalue weighted by Crippen LogP contribution is 2.29. The molecule has 3 heteroatoms. The van der Waals surface area contributed by atoms with E-state index in [0.29, 0.717) is 6.54 Å². The van der Waals surface area contributed by atoms with Gasteiger partial charge in [-0.05, 0) is 42.9 Å². The van der Waals surface area contributed by atoms with Crippen LogP contribution in [-0.4, -0.2) is 19.0 Å². The van der Waals surface area contributed by atoms with Crippen LogP contribution in [0.2, 0.25) is 5.02 Å². The Labute approximate surface area is 119 Å². The summed E-state index contributed by atoms with van der Waals surface area (Å²) in [5, 5.41) is 0.762. The number of hydrogen-bond acceptors (Lipinski definition) is 2. The van der Waals surface area contributed by atoms with Gasteiger partial charge in [-0.3, -0.25) is 0 Å².